The zero-order valence-electron chi connectivity index (χ0n) is 15.0. The number of aromatic nitrogens is 3. The molecule has 1 aliphatic rings. The van der Waals surface area contributed by atoms with Crippen molar-refractivity contribution in [1.29, 1.82) is 0 Å². The second-order valence-corrected chi connectivity index (χ2v) is 7.71. The van der Waals surface area contributed by atoms with E-state index in [9.17, 15) is 14.7 Å². The van der Waals surface area contributed by atoms with Gasteiger partial charge in [0.1, 0.15) is 17.8 Å². The normalized spacial score (nSPS) is 21.2. The van der Waals surface area contributed by atoms with Crippen molar-refractivity contribution in [2.45, 2.75) is 38.5 Å². The van der Waals surface area contributed by atoms with Crippen LogP contribution in [0.1, 0.15) is 26.3 Å². The molecule has 2 N–H and O–H groups in total. The van der Waals surface area contributed by atoms with Crippen LogP contribution in [0.15, 0.2) is 23.7 Å². The fourth-order valence-corrected chi connectivity index (χ4v) is 3.97. The van der Waals surface area contributed by atoms with Crippen LogP contribution in [0.5, 0.6) is 0 Å². The first-order valence-electron chi connectivity index (χ1n) is 8.58. The number of rotatable bonds is 5. The maximum Gasteiger partial charge on any atom is 0.248 e. The molecule has 0 spiro atoms. The summed E-state index contributed by atoms with van der Waals surface area (Å²) in [6.45, 7) is 4.00. The number of aliphatic hydroxyl groups is 1. The van der Waals surface area contributed by atoms with E-state index in [0.717, 1.165) is 4.88 Å². The molecule has 2 unspecified atom stereocenters. The third-order valence-corrected chi connectivity index (χ3v) is 5.46. The molecule has 0 saturated carbocycles. The predicted octanol–water partition coefficient (Wildman–Crippen LogP) is 0.911. The summed E-state index contributed by atoms with van der Waals surface area (Å²) in [6.07, 6.45) is 1.30. The summed E-state index contributed by atoms with van der Waals surface area (Å²) >= 11 is 1.55. The number of nitrogens with zero attached hydrogens (tertiary/aromatic N) is 4. The summed E-state index contributed by atoms with van der Waals surface area (Å²) in [5.74, 6) is -0.550. The van der Waals surface area contributed by atoms with E-state index in [2.05, 4.69) is 15.6 Å². The molecule has 2 amide bonds. The highest BCUT2D eigenvalue weighted by Gasteiger charge is 2.42. The number of nitrogens with one attached hydrogen (secondary N) is 1. The van der Waals surface area contributed by atoms with Gasteiger partial charge in [-0.25, -0.2) is 4.68 Å². The van der Waals surface area contributed by atoms with Crippen molar-refractivity contribution in [1.82, 2.24) is 25.2 Å². The molecule has 2 aromatic rings. The van der Waals surface area contributed by atoms with E-state index in [1.165, 1.54) is 11.9 Å². The summed E-state index contributed by atoms with van der Waals surface area (Å²) < 4.78 is 1.56. The number of hydrogen-bond donors (Lipinski definition) is 2. The van der Waals surface area contributed by atoms with Gasteiger partial charge in [-0.05, 0) is 17.4 Å². The molecule has 2 aromatic heterocycles. The second-order valence-electron chi connectivity index (χ2n) is 6.76. The van der Waals surface area contributed by atoms with Gasteiger partial charge in [-0.2, -0.15) is 0 Å². The fourth-order valence-electron chi connectivity index (χ4n) is 3.30. The molecule has 0 bridgehead atoms. The number of hydrogen-bond acceptors (Lipinski definition) is 6. The van der Waals surface area contributed by atoms with Crippen molar-refractivity contribution < 1.29 is 14.7 Å². The van der Waals surface area contributed by atoms with Crippen molar-refractivity contribution in [3.63, 3.8) is 0 Å². The first-order chi connectivity index (χ1) is 12.4. The molecule has 1 saturated heterocycles. The Morgan fingerprint density at radius 2 is 2.19 bits per heavy atom. The lowest BCUT2D eigenvalue weighted by atomic mass is 10.0. The van der Waals surface area contributed by atoms with Crippen LogP contribution in [0.25, 0.3) is 10.6 Å². The Hall–Kier alpha value is -2.26. The van der Waals surface area contributed by atoms with Gasteiger partial charge in [0.05, 0.1) is 17.2 Å². The van der Waals surface area contributed by atoms with E-state index in [0.29, 0.717) is 5.69 Å². The highest BCUT2D eigenvalue weighted by atomic mass is 32.1. The van der Waals surface area contributed by atoms with Gasteiger partial charge in [0.25, 0.3) is 0 Å². The molecule has 26 heavy (non-hydrogen) atoms. The molecule has 1 aliphatic heterocycles. The van der Waals surface area contributed by atoms with Gasteiger partial charge in [0.15, 0.2) is 0 Å². The number of carbonyl (C=O) groups excluding carboxylic acids is 2. The smallest absolute Gasteiger partial charge is 0.248 e. The quantitative estimate of drug-likeness (QED) is 0.807. The molecule has 3 rings (SSSR count). The van der Waals surface area contributed by atoms with Crippen molar-refractivity contribution in [3.05, 3.63) is 23.7 Å². The fraction of sp³-hybridized carbons (Fsp3) is 0.529. The van der Waals surface area contributed by atoms with Crippen LogP contribution < -0.4 is 5.32 Å². The molecule has 8 nitrogen and oxygen atoms in total. The standard InChI is InChI=1S/C17H23N5O3S/c1-10(2)15(22-9-12(19-20-22)14-5-4-6-26-14)17(25)21-8-11(23)7-13(21)16(24)18-3/h4-6,9-11,13,15,23H,7-8H2,1-3H3,(H,18,24)/t11?,13?,15-/m0/s1. The van der Waals surface area contributed by atoms with Gasteiger partial charge in [-0.15, -0.1) is 16.4 Å². The Morgan fingerprint density at radius 1 is 1.42 bits per heavy atom. The lowest BCUT2D eigenvalue weighted by molar-refractivity contribution is -0.142. The van der Waals surface area contributed by atoms with Crippen LogP contribution in [-0.2, 0) is 9.59 Å². The Bertz CT molecular complexity index is 773. The van der Waals surface area contributed by atoms with Gasteiger partial charge in [-0.1, -0.05) is 25.1 Å². The SMILES string of the molecule is CNC(=O)C1CC(O)CN1C(=O)[C@H](C(C)C)n1cc(-c2cccs2)nn1. The van der Waals surface area contributed by atoms with Crippen LogP contribution >= 0.6 is 11.3 Å². The summed E-state index contributed by atoms with van der Waals surface area (Å²) in [4.78, 5) is 27.8. The van der Waals surface area contributed by atoms with Crippen LogP contribution in [0.3, 0.4) is 0 Å². The molecule has 0 aliphatic carbocycles. The Balaban J connectivity index is 1.88. The van der Waals surface area contributed by atoms with Crippen LogP contribution in [0.4, 0.5) is 0 Å². The highest BCUT2D eigenvalue weighted by molar-refractivity contribution is 7.13. The van der Waals surface area contributed by atoms with E-state index in [4.69, 9.17) is 0 Å². The topological polar surface area (TPSA) is 100 Å². The monoisotopic (exact) mass is 377 g/mol. The van der Waals surface area contributed by atoms with Gasteiger partial charge < -0.3 is 15.3 Å². The van der Waals surface area contributed by atoms with Crippen molar-refractivity contribution >= 4 is 23.2 Å². The maximum absolute atomic E-state index is 13.2. The molecular weight excluding hydrogens is 354 g/mol. The largest absolute Gasteiger partial charge is 0.391 e. The average Bonchev–Trinajstić information content (AvgIpc) is 3.33. The molecule has 3 atom stereocenters. The minimum Gasteiger partial charge on any atom is -0.391 e. The molecule has 1 fully saturated rings. The number of thiophene rings is 1. The van der Waals surface area contributed by atoms with E-state index in [1.54, 1.807) is 22.2 Å². The molecule has 140 valence electrons. The lowest BCUT2D eigenvalue weighted by Gasteiger charge is -2.29. The van der Waals surface area contributed by atoms with Crippen molar-refractivity contribution in [2.24, 2.45) is 5.92 Å². The number of likely N-dealkylation sites (tertiary alicyclic amines) is 1. The average molecular weight is 377 g/mol. The van der Waals surface area contributed by atoms with Crippen LogP contribution in [-0.4, -0.2) is 62.6 Å². The number of carbonyl (C=O) groups is 2. The minimum absolute atomic E-state index is 0.0523. The predicted molar refractivity (Wildman–Crippen MR) is 97.4 cm³/mol. The summed E-state index contributed by atoms with van der Waals surface area (Å²) in [6, 6.07) is 2.63. The summed E-state index contributed by atoms with van der Waals surface area (Å²) in [5, 5.41) is 22.8. The van der Waals surface area contributed by atoms with Gasteiger partial charge in [0, 0.05) is 20.0 Å². The molecule has 9 heteroatoms. The molecule has 3 heterocycles. The zero-order valence-corrected chi connectivity index (χ0v) is 15.8. The van der Waals surface area contributed by atoms with E-state index < -0.39 is 18.2 Å². The Kier molecular flexibility index (Phi) is 5.38. The number of β-amino-alcohol motifs (C(OH)–C–C–N with tert-alkyl or cyclic N) is 1. The van der Waals surface area contributed by atoms with Gasteiger partial charge in [0.2, 0.25) is 11.8 Å². The van der Waals surface area contributed by atoms with E-state index in [1.807, 2.05) is 31.4 Å². The molecule has 0 aromatic carbocycles. The van der Waals surface area contributed by atoms with Crippen molar-refractivity contribution in [3.8, 4) is 10.6 Å². The summed E-state index contributed by atoms with van der Waals surface area (Å²) in [5.41, 5.74) is 0.711. The van der Waals surface area contributed by atoms with E-state index >= 15 is 0 Å². The van der Waals surface area contributed by atoms with Gasteiger partial charge in [-0.3, -0.25) is 9.59 Å². The first kappa shape index (κ1) is 18.5. The molecule has 0 radical (unpaired) electrons. The molecular formula is C17H23N5O3S. The third kappa shape index (κ3) is 3.49. The lowest BCUT2D eigenvalue weighted by Crippen LogP contribution is -2.48. The number of likely N-dealkylation sites (N-methyl/N-ethyl adjacent to an activating group) is 1. The van der Waals surface area contributed by atoms with E-state index in [-0.39, 0.29) is 30.7 Å². The number of aliphatic hydroxyl groups excluding tert-OH is 1. The third-order valence-electron chi connectivity index (χ3n) is 4.56. The Morgan fingerprint density at radius 3 is 2.81 bits per heavy atom. The second kappa shape index (κ2) is 7.55. The van der Waals surface area contributed by atoms with Crippen LogP contribution in [0.2, 0.25) is 0 Å². The Labute approximate surface area is 155 Å². The summed E-state index contributed by atoms with van der Waals surface area (Å²) in [7, 11) is 1.53. The van der Waals surface area contributed by atoms with Crippen molar-refractivity contribution in [2.75, 3.05) is 13.6 Å². The van der Waals surface area contributed by atoms with Crippen LogP contribution in [0, 0.1) is 5.92 Å². The maximum atomic E-state index is 13.2. The number of amides is 2. The zero-order chi connectivity index (χ0) is 18.8. The minimum atomic E-state index is -0.702. The highest BCUT2D eigenvalue weighted by Crippen LogP contribution is 2.28. The van der Waals surface area contributed by atoms with Gasteiger partial charge >= 0.3 is 0 Å². The first-order valence-corrected chi connectivity index (χ1v) is 9.46.